The molecule has 0 spiro atoms. The van der Waals surface area contributed by atoms with Crippen LogP contribution in [-0.2, 0) is 31.3 Å². The zero-order valence-electron chi connectivity index (χ0n) is 18.9. The molecule has 15 heteroatoms. The minimum Gasteiger partial charge on any atom is -0.453 e. The molecule has 0 bridgehead atoms. The number of sulfone groups is 1. The fourth-order valence-electron chi connectivity index (χ4n) is 3.92. The summed E-state index contributed by atoms with van der Waals surface area (Å²) in [6.07, 6.45) is -11.9. The van der Waals surface area contributed by atoms with Gasteiger partial charge in [0, 0.05) is 11.9 Å². The van der Waals surface area contributed by atoms with E-state index in [4.69, 9.17) is 5.26 Å². The van der Waals surface area contributed by atoms with Gasteiger partial charge in [-0.05, 0) is 41.0 Å². The van der Waals surface area contributed by atoms with Crippen LogP contribution in [0.2, 0.25) is 0 Å². The average Bonchev–Trinajstić information content (AvgIpc) is 3.17. The molecular weight excluding hydrogens is 532 g/mol. The van der Waals surface area contributed by atoms with Crippen LogP contribution in [0.15, 0.2) is 47.4 Å². The summed E-state index contributed by atoms with van der Waals surface area (Å²) in [6.45, 7) is -0.204. The van der Waals surface area contributed by atoms with Gasteiger partial charge in [-0.1, -0.05) is 18.2 Å². The first-order valence-electron chi connectivity index (χ1n) is 10.1. The molecule has 0 fully saturated rings. The summed E-state index contributed by atoms with van der Waals surface area (Å²) in [5.41, 5.74) is -5.85. The van der Waals surface area contributed by atoms with Crippen molar-refractivity contribution in [3.63, 3.8) is 0 Å². The van der Waals surface area contributed by atoms with E-state index in [2.05, 4.69) is 10.1 Å². The molecule has 2 aromatic carbocycles. The van der Waals surface area contributed by atoms with Crippen molar-refractivity contribution in [3.8, 4) is 6.07 Å². The van der Waals surface area contributed by atoms with Crippen molar-refractivity contribution in [2.24, 2.45) is 0 Å². The Bertz CT molecular complexity index is 1370. The number of nitriles is 1. The molecule has 0 saturated heterocycles. The van der Waals surface area contributed by atoms with Gasteiger partial charge in [-0.3, -0.25) is 9.69 Å². The molecule has 2 amide bonds. The van der Waals surface area contributed by atoms with Gasteiger partial charge in [0.2, 0.25) is 0 Å². The number of hydrogen-bond acceptors (Lipinski definition) is 6. The fourth-order valence-corrected chi connectivity index (χ4v) is 4.59. The SMILES string of the molecule is COC(=O)N1Cc2cc(S(C)(=O)=O)ccc2C1C(=O)Nc1ccc(C(C#N)(C(F)(F)F)C(F)(F)F)cc1. The van der Waals surface area contributed by atoms with Gasteiger partial charge < -0.3 is 10.1 Å². The predicted octanol–water partition coefficient (Wildman–Crippen LogP) is 4.24. The lowest BCUT2D eigenvalue weighted by Gasteiger charge is -2.31. The smallest absolute Gasteiger partial charge is 0.420 e. The standard InChI is InChI=1S/C22H17F6N3O5S/c1-36-19(33)31-10-12-9-15(37(2,34)35)7-8-16(12)17(31)18(32)30-14-5-3-13(4-6-14)20(11-29,21(23,24)25)22(26,27)28/h3-9,17H,10H2,1-2H3,(H,30,32). The molecule has 198 valence electrons. The van der Waals surface area contributed by atoms with Crippen molar-refractivity contribution in [2.75, 3.05) is 18.7 Å². The number of rotatable bonds is 4. The zero-order valence-corrected chi connectivity index (χ0v) is 19.8. The maximum absolute atomic E-state index is 13.4. The Kier molecular flexibility index (Phi) is 6.95. The lowest BCUT2D eigenvalue weighted by molar-refractivity contribution is -0.283. The first kappa shape index (κ1) is 27.8. The maximum Gasteiger partial charge on any atom is 0.420 e. The number of alkyl halides is 6. The maximum atomic E-state index is 13.4. The minimum atomic E-state index is -5.98. The van der Waals surface area contributed by atoms with Crippen LogP contribution in [-0.4, -0.2) is 51.0 Å². The molecule has 0 aliphatic carbocycles. The topological polar surface area (TPSA) is 117 Å². The molecule has 0 aromatic heterocycles. The normalized spacial score (nSPS) is 16.1. The number of amides is 2. The Labute approximate surface area is 206 Å². The highest BCUT2D eigenvalue weighted by Gasteiger charge is 2.72. The lowest BCUT2D eigenvalue weighted by Crippen LogP contribution is -2.52. The number of methoxy groups -OCH3 is 1. The van der Waals surface area contributed by atoms with Crippen LogP contribution in [0.5, 0.6) is 0 Å². The van der Waals surface area contributed by atoms with Crippen molar-refractivity contribution in [3.05, 3.63) is 59.2 Å². The molecule has 1 N–H and O–H groups in total. The number of nitrogens with zero attached hydrogens (tertiary/aromatic N) is 2. The molecule has 37 heavy (non-hydrogen) atoms. The molecule has 1 aliphatic heterocycles. The Morgan fingerprint density at radius 1 is 1.05 bits per heavy atom. The predicted molar refractivity (Wildman–Crippen MR) is 115 cm³/mol. The number of benzene rings is 2. The van der Waals surface area contributed by atoms with E-state index >= 15 is 0 Å². The third-order valence-electron chi connectivity index (χ3n) is 5.75. The fraction of sp³-hybridized carbons (Fsp3) is 0.318. The molecule has 3 rings (SSSR count). The molecule has 0 radical (unpaired) electrons. The van der Waals surface area contributed by atoms with Crippen LogP contribution in [0.4, 0.5) is 36.8 Å². The van der Waals surface area contributed by atoms with Crippen molar-refractivity contribution in [1.29, 1.82) is 5.26 Å². The quantitative estimate of drug-likeness (QED) is 0.571. The number of nitrogens with one attached hydrogen (secondary N) is 1. The van der Waals surface area contributed by atoms with Crippen LogP contribution >= 0.6 is 0 Å². The monoisotopic (exact) mass is 549 g/mol. The zero-order chi connectivity index (χ0) is 28.0. The van der Waals surface area contributed by atoms with Crippen LogP contribution in [0.3, 0.4) is 0 Å². The van der Waals surface area contributed by atoms with E-state index in [0.717, 1.165) is 30.4 Å². The van der Waals surface area contributed by atoms with E-state index in [0.29, 0.717) is 23.8 Å². The molecule has 2 aromatic rings. The number of halogens is 6. The van der Waals surface area contributed by atoms with Gasteiger partial charge in [0.1, 0.15) is 6.04 Å². The summed E-state index contributed by atoms with van der Waals surface area (Å²) in [7, 11) is -2.57. The van der Waals surface area contributed by atoms with Gasteiger partial charge in [-0.2, -0.15) is 31.6 Å². The summed E-state index contributed by atoms with van der Waals surface area (Å²) in [6, 6.07) is 5.13. The van der Waals surface area contributed by atoms with E-state index in [-0.39, 0.29) is 22.7 Å². The Morgan fingerprint density at radius 3 is 2.08 bits per heavy atom. The van der Waals surface area contributed by atoms with Gasteiger partial charge in [0.05, 0.1) is 24.6 Å². The molecular formula is C22H17F6N3O5S. The van der Waals surface area contributed by atoms with E-state index in [1.807, 2.05) is 0 Å². The second kappa shape index (κ2) is 9.25. The van der Waals surface area contributed by atoms with Gasteiger partial charge >= 0.3 is 18.4 Å². The van der Waals surface area contributed by atoms with Crippen molar-refractivity contribution >= 4 is 27.5 Å². The van der Waals surface area contributed by atoms with Gasteiger partial charge in [-0.25, -0.2) is 13.2 Å². The molecule has 1 atom stereocenters. The molecule has 1 unspecified atom stereocenters. The first-order chi connectivity index (χ1) is 17.0. The van der Waals surface area contributed by atoms with Crippen LogP contribution in [0.25, 0.3) is 0 Å². The number of carbonyl (C=O) groups is 2. The van der Waals surface area contributed by atoms with E-state index in [1.54, 1.807) is 0 Å². The van der Waals surface area contributed by atoms with Crippen LogP contribution in [0.1, 0.15) is 22.7 Å². The summed E-state index contributed by atoms with van der Waals surface area (Å²) < 4.78 is 109. The van der Waals surface area contributed by atoms with E-state index in [9.17, 15) is 44.3 Å². The van der Waals surface area contributed by atoms with E-state index in [1.165, 1.54) is 18.2 Å². The van der Waals surface area contributed by atoms with E-state index < -0.39 is 51.2 Å². The number of fused-ring (bicyclic) bond motifs is 1. The van der Waals surface area contributed by atoms with Crippen LogP contribution < -0.4 is 5.32 Å². The molecule has 0 saturated carbocycles. The third kappa shape index (κ3) is 4.80. The second-order valence-corrected chi connectivity index (χ2v) is 10.1. The van der Waals surface area contributed by atoms with Crippen LogP contribution in [0, 0.1) is 11.3 Å². The summed E-state index contributed by atoms with van der Waals surface area (Å²) in [5.74, 6) is -0.901. The highest BCUT2D eigenvalue weighted by Crippen LogP contribution is 2.51. The number of ether oxygens (including phenoxy) is 1. The Morgan fingerprint density at radius 2 is 1.62 bits per heavy atom. The minimum absolute atomic E-state index is 0.0666. The van der Waals surface area contributed by atoms with Crippen molar-refractivity contribution in [1.82, 2.24) is 4.90 Å². The highest BCUT2D eigenvalue weighted by molar-refractivity contribution is 7.90. The van der Waals surface area contributed by atoms with Gasteiger partial charge in [-0.15, -0.1) is 0 Å². The largest absolute Gasteiger partial charge is 0.453 e. The Hall–Kier alpha value is -3.80. The third-order valence-corrected chi connectivity index (χ3v) is 6.86. The average molecular weight is 549 g/mol. The number of anilines is 1. The molecule has 1 heterocycles. The number of hydrogen-bond donors (Lipinski definition) is 1. The van der Waals surface area contributed by atoms with Gasteiger partial charge in [0.15, 0.2) is 9.84 Å². The van der Waals surface area contributed by atoms with Crippen molar-refractivity contribution < 1.29 is 49.1 Å². The Balaban J connectivity index is 1.96. The number of carbonyl (C=O) groups excluding carboxylic acids is 2. The summed E-state index contributed by atoms with van der Waals surface area (Å²) in [5, 5.41) is 11.2. The molecule has 8 nitrogen and oxygen atoms in total. The second-order valence-electron chi connectivity index (χ2n) is 8.06. The van der Waals surface area contributed by atoms with Crippen molar-refractivity contribution in [2.45, 2.75) is 35.2 Å². The lowest BCUT2D eigenvalue weighted by atomic mass is 9.80. The van der Waals surface area contributed by atoms with Gasteiger partial charge in [0.25, 0.3) is 11.3 Å². The molecule has 1 aliphatic rings. The summed E-state index contributed by atoms with van der Waals surface area (Å²) in [4.78, 5) is 26.2. The first-order valence-corrected chi connectivity index (χ1v) is 12.0. The summed E-state index contributed by atoms with van der Waals surface area (Å²) >= 11 is 0. The highest BCUT2D eigenvalue weighted by atomic mass is 32.2.